The van der Waals surface area contributed by atoms with E-state index in [0.29, 0.717) is 18.5 Å². The van der Waals surface area contributed by atoms with Crippen molar-refractivity contribution in [3.8, 4) is 0 Å². The van der Waals surface area contributed by atoms with Gasteiger partial charge in [-0.2, -0.15) is 13.2 Å². The maximum Gasteiger partial charge on any atom is 0.416 e. The lowest BCUT2D eigenvalue weighted by Crippen LogP contribution is -2.25. The number of halogens is 3. The number of hydrogen-bond acceptors (Lipinski definition) is 3. The zero-order chi connectivity index (χ0) is 16.6. The number of alkyl halides is 3. The minimum Gasteiger partial charge on any atom is -0.350 e. The van der Waals surface area contributed by atoms with Gasteiger partial charge in [0.25, 0.3) is 0 Å². The molecule has 1 aromatic carbocycles. The number of aromatic nitrogens is 1. The third kappa shape index (κ3) is 3.72. The highest BCUT2D eigenvalue weighted by molar-refractivity contribution is 7.09. The van der Waals surface area contributed by atoms with Crippen molar-refractivity contribution in [2.75, 3.05) is 0 Å². The van der Waals surface area contributed by atoms with E-state index >= 15 is 0 Å². The molecule has 1 aliphatic carbocycles. The number of aryl methyl sites for hydroxylation is 1. The molecule has 2 atom stereocenters. The van der Waals surface area contributed by atoms with E-state index in [1.807, 2.05) is 12.3 Å². The molecule has 1 fully saturated rings. The molecule has 0 spiro atoms. The Labute approximate surface area is 135 Å². The minimum absolute atomic E-state index is 0.127. The number of benzene rings is 1. The lowest BCUT2D eigenvalue weighted by molar-refractivity contribution is -0.137. The van der Waals surface area contributed by atoms with Crippen LogP contribution in [0.5, 0.6) is 0 Å². The van der Waals surface area contributed by atoms with Gasteiger partial charge in [-0.1, -0.05) is 18.2 Å². The second-order valence-corrected chi connectivity index (χ2v) is 6.71. The fourth-order valence-electron chi connectivity index (χ4n) is 2.60. The van der Waals surface area contributed by atoms with Gasteiger partial charge >= 0.3 is 6.18 Å². The van der Waals surface area contributed by atoms with Gasteiger partial charge in [-0.15, -0.1) is 11.3 Å². The van der Waals surface area contributed by atoms with Gasteiger partial charge in [0.05, 0.1) is 22.8 Å². The standard InChI is InChI=1S/C16H15F3N2OS/c1-9-21-12(8-23-9)7-20-15(22)14-6-13(14)10-3-2-4-11(5-10)16(17,18)19/h2-5,8,13-14H,6-7H2,1H3,(H,20,22)/t13-,14-/m1/s1. The van der Waals surface area contributed by atoms with Crippen molar-refractivity contribution in [3.63, 3.8) is 0 Å². The lowest BCUT2D eigenvalue weighted by atomic mass is 10.1. The Hall–Kier alpha value is -1.89. The third-order valence-corrected chi connectivity index (χ3v) is 4.70. The third-order valence-electron chi connectivity index (χ3n) is 3.88. The number of nitrogens with one attached hydrogen (secondary N) is 1. The Bertz CT molecular complexity index is 726. The normalized spacial score (nSPS) is 20.3. The zero-order valence-electron chi connectivity index (χ0n) is 12.4. The van der Waals surface area contributed by atoms with Crippen LogP contribution in [0.1, 0.15) is 34.2 Å². The van der Waals surface area contributed by atoms with Gasteiger partial charge in [-0.3, -0.25) is 4.79 Å². The summed E-state index contributed by atoms with van der Waals surface area (Å²) in [6, 6.07) is 5.23. The molecule has 23 heavy (non-hydrogen) atoms. The van der Waals surface area contributed by atoms with Crippen molar-refractivity contribution in [1.82, 2.24) is 10.3 Å². The molecule has 1 saturated carbocycles. The summed E-state index contributed by atoms with van der Waals surface area (Å²) in [5.41, 5.74) is 0.709. The molecule has 122 valence electrons. The van der Waals surface area contributed by atoms with E-state index < -0.39 is 11.7 Å². The van der Waals surface area contributed by atoms with Crippen LogP contribution in [0.3, 0.4) is 0 Å². The van der Waals surface area contributed by atoms with Crippen LogP contribution in [0.15, 0.2) is 29.6 Å². The lowest BCUT2D eigenvalue weighted by Gasteiger charge is -2.08. The second-order valence-electron chi connectivity index (χ2n) is 5.65. The molecule has 3 rings (SSSR count). The van der Waals surface area contributed by atoms with Gasteiger partial charge in [-0.25, -0.2) is 4.98 Å². The first-order valence-corrected chi connectivity index (χ1v) is 8.08. The highest BCUT2D eigenvalue weighted by Gasteiger charge is 2.44. The molecule has 0 unspecified atom stereocenters. The number of nitrogens with zero attached hydrogens (tertiary/aromatic N) is 1. The molecule has 1 N–H and O–H groups in total. The van der Waals surface area contributed by atoms with Gasteiger partial charge in [0.15, 0.2) is 0 Å². The van der Waals surface area contributed by atoms with E-state index in [1.165, 1.54) is 17.4 Å². The summed E-state index contributed by atoms with van der Waals surface area (Å²) in [7, 11) is 0. The first kappa shape index (κ1) is 16.0. The molecule has 1 aliphatic rings. The molecule has 0 bridgehead atoms. The quantitative estimate of drug-likeness (QED) is 0.917. The SMILES string of the molecule is Cc1nc(CNC(=O)[C@@H]2C[C@@H]2c2cccc(C(F)(F)F)c2)cs1. The highest BCUT2D eigenvalue weighted by Crippen LogP contribution is 2.48. The topological polar surface area (TPSA) is 42.0 Å². The summed E-state index contributed by atoms with van der Waals surface area (Å²) in [5, 5.41) is 5.62. The van der Waals surface area contributed by atoms with E-state index in [4.69, 9.17) is 0 Å². The largest absolute Gasteiger partial charge is 0.416 e. The first-order valence-electron chi connectivity index (χ1n) is 7.20. The fourth-order valence-corrected chi connectivity index (χ4v) is 3.21. The average Bonchev–Trinajstić information content (AvgIpc) is 3.20. The van der Waals surface area contributed by atoms with E-state index in [1.54, 1.807) is 6.07 Å². The van der Waals surface area contributed by atoms with Crippen LogP contribution in [0, 0.1) is 12.8 Å². The van der Waals surface area contributed by atoms with Crippen molar-refractivity contribution in [2.45, 2.75) is 32.0 Å². The Kier molecular flexibility index (Phi) is 4.14. The highest BCUT2D eigenvalue weighted by atomic mass is 32.1. The first-order chi connectivity index (χ1) is 10.8. The number of carbonyl (C=O) groups is 1. The minimum atomic E-state index is -4.36. The van der Waals surface area contributed by atoms with Crippen LogP contribution in [-0.4, -0.2) is 10.9 Å². The van der Waals surface area contributed by atoms with Gasteiger partial charge in [0.1, 0.15) is 0 Å². The Morgan fingerprint density at radius 2 is 2.22 bits per heavy atom. The van der Waals surface area contributed by atoms with Crippen LogP contribution in [-0.2, 0) is 17.5 Å². The van der Waals surface area contributed by atoms with Crippen LogP contribution in [0.25, 0.3) is 0 Å². The predicted molar refractivity (Wildman–Crippen MR) is 81.0 cm³/mol. The number of carbonyl (C=O) groups excluding carboxylic acids is 1. The van der Waals surface area contributed by atoms with Crippen molar-refractivity contribution < 1.29 is 18.0 Å². The van der Waals surface area contributed by atoms with Gasteiger partial charge in [-0.05, 0) is 30.9 Å². The molecule has 1 amide bonds. The summed E-state index contributed by atoms with van der Waals surface area (Å²) >= 11 is 1.51. The van der Waals surface area contributed by atoms with Gasteiger partial charge in [0.2, 0.25) is 5.91 Å². The van der Waals surface area contributed by atoms with E-state index in [0.717, 1.165) is 22.8 Å². The summed E-state index contributed by atoms with van der Waals surface area (Å²) in [5.74, 6) is -0.509. The molecular formula is C16H15F3N2OS. The molecule has 2 aromatic rings. The Morgan fingerprint density at radius 1 is 1.43 bits per heavy atom. The molecule has 1 aromatic heterocycles. The molecule has 1 heterocycles. The molecule has 7 heteroatoms. The van der Waals surface area contributed by atoms with Crippen molar-refractivity contribution in [2.24, 2.45) is 5.92 Å². The smallest absolute Gasteiger partial charge is 0.350 e. The number of amides is 1. The fraction of sp³-hybridized carbons (Fsp3) is 0.375. The maximum absolute atomic E-state index is 12.7. The van der Waals surface area contributed by atoms with E-state index in [-0.39, 0.29) is 17.7 Å². The van der Waals surface area contributed by atoms with Crippen LogP contribution >= 0.6 is 11.3 Å². The number of thiazole rings is 1. The molecule has 0 saturated heterocycles. The van der Waals surface area contributed by atoms with E-state index in [9.17, 15) is 18.0 Å². The Morgan fingerprint density at radius 3 is 2.87 bits per heavy atom. The average molecular weight is 340 g/mol. The molecular weight excluding hydrogens is 325 g/mol. The van der Waals surface area contributed by atoms with Crippen LogP contribution in [0.2, 0.25) is 0 Å². The Balaban J connectivity index is 1.59. The summed E-state index contributed by atoms with van der Waals surface area (Å²) in [4.78, 5) is 16.4. The zero-order valence-corrected chi connectivity index (χ0v) is 13.2. The number of rotatable bonds is 4. The van der Waals surface area contributed by atoms with Gasteiger partial charge < -0.3 is 5.32 Å². The number of hydrogen-bond donors (Lipinski definition) is 1. The molecule has 0 radical (unpaired) electrons. The molecule has 3 nitrogen and oxygen atoms in total. The van der Waals surface area contributed by atoms with Crippen molar-refractivity contribution >= 4 is 17.2 Å². The van der Waals surface area contributed by atoms with Crippen molar-refractivity contribution in [1.29, 1.82) is 0 Å². The monoisotopic (exact) mass is 340 g/mol. The van der Waals surface area contributed by atoms with E-state index in [2.05, 4.69) is 10.3 Å². The second kappa shape index (κ2) is 5.96. The molecule has 0 aliphatic heterocycles. The predicted octanol–water partition coefficient (Wildman–Crippen LogP) is 3.89. The van der Waals surface area contributed by atoms with Crippen LogP contribution in [0.4, 0.5) is 13.2 Å². The van der Waals surface area contributed by atoms with Crippen molar-refractivity contribution in [3.05, 3.63) is 51.5 Å². The summed E-state index contributed by atoms with van der Waals surface area (Å²) < 4.78 is 38.2. The van der Waals surface area contributed by atoms with Gasteiger partial charge in [0, 0.05) is 11.3 Å². The van der Waals surface area contributed by atoms with Crippen LogP contribution < -0.4 is 5.32 Å². The summed E-state index contributed by atoms with van der Waals surface area (Å²) in [6.45, 7) is 2.25. The maximum atomic E-state index is 12.7. The summed E-state index contributed by atoms with van der Waals surface area (Å²) in [6.07, 6.45) is -3.77.